The van der Waals surface area contributed by atoms with Crippen LogP contribution in [0.2, 0.25) is 0 Å². The number of cyclic esters (lactones) is 1. The number of oxazole rings is 1. The Hall–Kier alpha value is -3.56. The van der Waals surface area contributed by atoms with Crippen LogP contribution >= 0.6 is 0 Å². The molecule has 9 heteroatoms. The van der Waals surface area contributed by atoms with E-state index in [-0.39, 0.29) is 23.8 Å². The van der Waals surface area contributed by atoms with Gasteiger partial charge < -0.3 is 13.6 Å². The Bertz CT molecular complexity index is 1390. The van der Waals surface area contributed by atoms with E-state index >= 15 is 0 Å². The zero-order chi connectivity index (χ0) is 26.3. The van der Waals surface area contributed by atoms with Crippen molar-refractivity contribution in [2.24, 2.45) is 5.92 Å². The van der Waals surface area contributed by atoms with Gasteiger partial charge in [0.05, 0.1) is 23.9 Å². The van der Waals surface area contributed by atoms with Gasteiger partial charge in [-0.1, -0.05) is 0 Å². The number of pyridine rings is 1. The summed E-state index contributed by atoms with van der Waals surface area (Å²) in [6.45, 7) is 8.38. The van der Waals surface area contributed by atoms with Crippen LogP contribution in [-0.4, -0.2) is 64.6 Å². The third-order valence-corrected chi connectivity index (χ3v) is 7.77. The first-order valence-electron chi connectivity index (χ1n) is 13.1. The average molecular weight is 519 g/mol. The minimum Gasteiger partial charge on any atom is -0.461 e. The molecule has 2 aliphatic rings. The van der Waals surface area contributed by atoms with Crippen molar-refractivity contribution in [2.75, 3.05) is 32.7 Å². The maximum atomic E-state index is 13.3. The summed E-state index contributed by atoms with van der Waals surface area (Å²) >= 11 is 0. The van der Waals surface area contributed by atoms with Crippen LogP contribution in [0.5, 0.6) is 0 Å². The summed E-state index contributed by atoms with van der Waals surface area (Å²) < 4.78 is 31.0. The van der Waals surface area contributed by atoms with Gasteiger partial charge in [0.2, 0.25) is 5.89 Å². The van der Waals surface area contributed by atoms with Crippen LogP contribution in [-0.2, 0) is 21.5 Å². The van der Waals surface area contributed by atoms with E-state index in [1.807, 2.05) is 12.1 Å². The molecule has 198 valence electrons. The van der Waals surface area contributed by atoms with Crippen LogP contribution in [0, 0.1) is 11.7 Å². The molecule has 2 fully saturated rings. The Kier molecular flexibility index (Phi) is 6.49. The standard InChI is InChI=1S/C29H31FN4O4/c1-29(2,28-32-17-26(38-28)19-3-5-22(30)6-4-19)34-11-9-33(10-12-34)18-24-15-21(27(35)37-24)14-23-13-20-7-8-31-16-25(20)36-23/h3-8,13,16-17,21,24H,9-12,14-15,18H2,1-2H3/t21?,24-/m0/s1. The molecule has 2 atom stereocenters. The molecule has 38 heavy (non-hydrogen) atoms. The van der Waals surface area contributed by atoms with Crippen molar-refractivity contribution >= 4 is 16.9 Å². The fraction of sp³-hybridized carbons (Fsp3) is 0.414. The smallest absolute Gasteiger partial charge is 0.309 e. The topological polar surface area (TPSA) is 84.8 Å². The summed E-state index contributed by atoms with van der Waals surface area (Å²) in [4.78, 5) is 25.9. The van der Waals surface area contributed by atoms with Crippen LogP contribution in [0.3, 0.4) is 0 Å². The molecule has 1 unspecified atom stereocenters. The molecular weight excluding hydrogens is 487 g/mol. The Morgan fingerprint density at radius 1 is 1.05 bits per heavy atom. The molecule has 0 saturated carbocycles. The molecule has 8 nitrogen and oxygen atoms in total. The van der Waals surface area contributed by atoms with Crippen molar-refractivity contribution < 1.29 is 22.8 Å². The lowest BCUT2D eigenvalue weighted by atomic mass is 9.99. The van der Waals surface area contributed by atoms with Crippen LogP contribution in [0.4, 0.5) is 4.39 Å². The van der Waals surface area contributed by atoms with E-state index in [2.05, 4.69) is 33.6 Å². The fourth-order valence-electron chi connectivity index (χ4n) is 5.50. The van der Waals surface area contributed by atoms with Crippen molar-refractivity contribution in [3.05, 3.63) is 72.5 Å². The molecule has 2 aliphatic heterocycles. The molecule has 0 aliphatic carbocycles. The molecule has 5 heterocycles. The summed E-state index contributed by atoms with van der Waals surface area (Å²) in [7, 11) is 0. The molecule has 0 N–H and O–H groups in total. The molecule has 0 spiro atoms. The molecule has 4 aromatic rings. The number of halogens is 1. The van der Waals surface area contributed by atoms with Crippen LogP contribution in [0.1, 0.15) is 31.9 Å². The second kappa shape index (κ2) is 9.96. The molecular formula is C29H31FN4O4. The first-order valence-corrected chi connectivity index (χ1v) is 13.1. The highest BCUT2D eigenvalue weighted by Gasteiger charge is 2.39. The van der Waals surface area contributed by atoms with Crippen molar-refractivity contribution in [1.82, 2.24) is 19.8 Å². The van der Waals surface area contributed by atoms with Gasteiger partial charge in [-0.15, -0.1) is 0 Å². The lowest BCUT2D eigenvalue weighted by Crippen LogP contribution is -2.54. The number of benzene rings is 1. The largest absolute Gasteiger partial charge is 0.461 e. The number of hydrogen-bond donors (Lipinski definition) is 0. The van der Waals surface area contributed by atoms with Crippen LogP contribution in [0.25, 0.3) is 22.3 Å². The Morgan fingerprint density at radius 2 is 1.84 bits per heavy atom. The highest BCUT2D eigenvalue weighted by atomic mass is 19.1. The van der Waals surface area contributed by atoms with E-state index in [0.29, 0.717) is 24.5 Å². The number of nitrogens with zero attached hydrogens (tertiary/aromatic N) is 4. The minimum atomic E-state index is -0.391. The highest BCUT2D eigenvalue weighted by molar-refractivity contribution is 5.78. The third-order valence-electron chi connectivity index (χ3n) is 7.77. The van der Waals surface area contributed by atoms with Crippen LogP contribution in [0.15, 0.2) is 63.8 Å². The molecule has 2 saturated heterocycles. The van der Waals surface area contributed by atoms with E-state index in [0.717, 1.165) is 55.0 Å². The normalized spacial score (nSPS) is 21.3. The molecule has 0 radical (unpaired) electrons. The SMILES string of the molecule is CC(C)(c1ncc(-c2ccc(F)cc2)o1)N1CCN(C[C@@H]2CC(Cc3cc4ccncc4o3)C(=O)O2)CC1. The molecule has 3 aromatic heterocycles. The number of carbonyl (C=O) groups is 1. The number of aromatic nitrogens is 2. The monoisotopic (exact) mass is 518 g/mol. The second-order valence-corrected chi connectivity index (χ2v) is 10.7. The van der Waals surface area contributed by atoms with Crippen molar-refractivity contribution in [1.29, 1.82) is 0 Å². The number of hydrogen-bond acceptors (Lipinski definition) is 8. The first-order chi connectivity index (χ1) is 18.3. The number of ether oxygens (including phenoxy) is 1. The van der Waals surface area contributed by atoms with Gasteiger partial charge in [-0.25, -0.2) is 9.37 Å². The number of esters is 1. The summed E-state index contributed by atoms with van der Waals surface area (Å²) in [6, 6.07) is 10.1. The molecule has 6 rings (SSSR count). The number of rotatable bonds is 7. The lowest BCUT2D eigenvalue weighted by molar-refractivity contribution is -0.145. The first kappa shape index (κ1) is 24.8. The zero-order valence-corrected chi connectivity index (χ0v) is 21.6. The van der Waals surface area contributed by atoms with Gasteiger partial charge in [0.15, 0.2) is 11.3 Å². The van der Waals surface area contributed by atoms with E-state index in [1.54, 1.807) is 30.7 Å². The van der Waals surface area contributed by atoms with Gasteiger partial charge >= 0.3 is 5.97 Å². The van der Waals surface area contributed by atoms with Crippen molar-refractivity contribution in [2.45, 2.75) is 38.3 Å². The Balaban J connectivity index is 1.02. The number of fused-ring (bicyclic) bond motifs is 1. The summed E-state index contributed by atoms with van der Waals surface area (Å²) in [6.07, 6.45) is 6.27. The highest BCUT2D eigenvalue weighted by Crippen LogP contribution is 2.32. The van der Waals surface area contributed by atoms with Crippen molar-refractivity contribution in [3.8, 4) is 11.3 Å². The maximum absolute atomic E-state index is 13.3. The summed E-state index contributed by atoms with van der Waals surface area (Å²) in [5.74, 6) is 1.45. The van der Waals surface area contributed by atoms with Gasteiger partial charge in [0.1, 0.15) is 17.7 Å². The third kappa shape index (κ3) is 4.96. The molecule has 1 aromatic carbocycles. The van der Waals surface area contributed by atoms with Gasteiger partial charge in [-0.3, -0.25) is 19.6 Å². The van der Waals surface area contributed by atoms with E-state index < -0.39 is 5.54 Å². The second-order valence-electron chi connectivity index (χ2n) is 10.7. The lowest BCUT2D eigenvalue weighted by Gasteiger charge is -2.42. The summed E-state index contributed by atoms with van der Waals surface area (Å²) in [5, 5.41) is 0.995. The number of furan rings is 1. The van der Waals surface area contributed by atoms with Gasteiger partial charge in [-0.05, 0) is 56.7 Å². The quantitative estimate of drug-likeness (QED) is 0.327. The van der Waals surface area contributed by atoms with Crippen LogP contribution < -0.4 is 0 Å². The fourth-order valence-corrected chi connectivity index (χ4v) is 5.50. The average Bonchev–Trinajstić information content (AvgIpc) is 3.64. The molecule has 0 amide bonds. The van der Waals surface area contributed by atoms with Crippen molar-refractivity contribution in [3.63, 3.8) is 0 Å². The number of piperazine rings is 1. The summed E-state index contributed by atoms with van der Waals surface area (Å²) in [5.41, 5.74) is 1.15. The van der Waals surface area contributed by atoms with Gasteiger partial charge in [-0.2, -0.15) is 0 Å². The Labute approximate surface area is 220 Å². The molecule has 0 bridgehead atoms. The number of carbonyl (C=O) groups excluding carboxylic acids is 1. The maximum Gasteiger partial charge on any atom is 0.309 e. The predicted molar refractivity (Wildman–Crippen MR) is 139 cm³/mol. The minimum absolute atomic E-state index is 0.108. The van der Waals surface area contributed by atoms with Gasteiger partial charge in [0.25, 0.3) is 0 Å². The zero-order valence-electron chi connectivity index (χ0n) is 21.6. The predicted octanol–water partition coefficient (Wildman–Crippen LogP) is 4.65. The van der Waals surface area contributed by atoms with E-state index in [9.17, 15) is 9.18 Å². The van der Waals surface area contributed by atoms with Gasteiger partial charge in [0, 0.05) is 56.3 Å². The van der Waals surface area contributed by atoms with E-state index in [4.69, 9.17) is 13.6 Å². The van der Waals surface area contributed by atoms with E-state index in [1.165, 1.54) is 12.1 Å². The Morgan fingerprint density at radius 3 is 2.61 bits per heavy atom.